The van der Waals surface area contributed by atoms with Crippen LogP contribution in [0, 0.1) is 0 Å². The van der Waals surface area contributed by atoms with Gasteiger partial charge in [0, 0.05) is 48.4 Å². The van der Waals surface area contributed by atoms with Crippen molar-refractivity contribution in [3.8, 4) is 0 Å². The Kier molecular flexibility index (Phi) is 6.02. The third kappa shape index (κ3) is 4.76. The zero-order chi connectivity index (χ0) is 22.0. The first-order valence-electron chi connectivity index (χ1n) is 9.97. The fourth-order valence-electron chi connectivity index (χ4n) is 3.71. The van der Waals surface area contributed by atoms with Crippen LogP contribution in [0.3, 0.4) is 0 Å². The van der Waals surface area contributed by atoms with Gasteiger partial charge in [-0.3, -0.25) is 14.5 Å². The fourth-order valence-corrected chi connectivity index (χ4v) is 3.94. The molecule has 31 heavy (non-hydrogen) atoms. The standard InChI is InChI=1S/C24H23ClN4O2/c1-28-13-18-11-16(12-26-24(18)27-22(30)15-28)7-10-23(31)29(2)14-17-8-9-21(25)20-6-4-3-5-19(17)20/h3-12H,13-15H2,1-2H3,(H,26,27,30)/b10-7+. The second-order valence-corrected chi connectivity index (χ2v) is 8.18. The van der Waals surface area contributed by atoms with Crippen molar-refractivity contribution in [2.24, 2.45) is 0 Å². The molecular formula is C24H23ClN4O2. The van der Waals surface area contributed by atoms with Crippen LogP contribution in [0.4, 0.5) is 5.82 Å². The van der Waals surface area contributed by atoms with Crippen LogP contribution >= 0.6 is 11.6 Å². The number of aromatic nitrogens is 1. The molecule has 2 heterocycles. The molecule has 1 aliphatic heterocycles. The number of pyridine rings is 1. The first-order chi connectivity index (χ1) is 14.9. The maximum absolute atomic E-state index is 12.7. The van der Waals surface area contributed by atoms with Crippen molar-refractivity contribution in [3.63, 3.8) is 0 Å². The number of rotatable bonds is 4. The number of nitrogens with zero attached hydrogens (tertiary/aromatic N) is 3. The molecule has 2 aromatic carbocycles. The van der Waals surface area contributed by atoms with Crippen LogP contribution in [0.2, 0.25) is 5.02 Å². The highest BCUT2D eigenvalue weighted by atomic mass is 35.5. The Balaban J connectivity index is 1.49. The number of hydrogen-bond donors (Lipinski definition) is 1. The van der Waals surface area contributed by atoms with Crippen molar-refractivity contribution in [1.29, 1.82) is 0 Å². The topological polar surface area (TPSA) is 65.5 Å². The van der Waals surface area contributed by atoms with E-state index in [0.29, 0.717) is 30.5 Å². The summed E-state index contributed by atoms with van der Waals surface area (Å²) in [7, 11) is 3.66. The molecule has 1 aromatic heterocycles. The highest BCUT2D eigenvalue weighted by molar-refractivity contribution is 6.35. The Morgan fingerprint density at radius 3 is 2.81 bits per heavy atom. The van der Waals surface area contributed by atoms with E-state index in [0.717, 1.165) is 27.5 Å². The predicted octanol–water partition coefficient (Wildman–Crippen LogP) is 3.94. The number of hydrogen-bond acceptors (Lipinski definition) is 4. The number of nitrogens with one attached hydrogen (secondary N) is 1. The number of benzene rings is 2. The molecule has 7 heteroatoms. The largest absolute Gasteiger partial charge is 0.338 e. The average Bonchev–Trinajstić information content (AvgIpc) is 2.89. The summed E-state index contributed by atoms with van der Waals surface area (Å²) in [6.45, 7) is 1.41. The molecule has 1 N–H and O–H groups in total. The van der Waals surface area contributed by atoms with Crippen molar-refractivity contribution < 1.29 is 9.59 Å². The van der Waals surface area contributed by atoms with Crippen molar-refractivity contribution in [1.82, 2.24) is 14.8 Å². The van der Waals surface area contributed by atoms with Gasteiger partial charge >= 0.3 is 0 Å². The lowest BCUT2D eigenvalue weighted by Crippen LogP contribution is -2.26. The molecule has 4 rings (SSSR count). The van der Waals surface area contributed by atoms with Crippen molar-refractivity contribution in [2.45, 2.75) is 13.1 Å². The summed E-state index contributed by atoms with van der Waals surface area (Å²) in [5.41, 5.74) is 2.76. The minimum Gasteiger partial charge on any atom is -0.338 e. The highest BCUT2D eigenvalue weighted by Crippen LogP contribution is 2.27. The van der Waals surface area contributed by atoms with E-state index in [1.807, 2.05) is 54.4 Å². The van der Waals surface area contributed by atoms with E-state index in [2.05, 4.69) is 10.3 Å². The normalized spacial score (nSPS) is 14.4. The second kappa shape index (κ2) is 8.88. The predicted molar refractivity (Wildman–Crippen MR) is 124 cm³/mol. The monoisotopic (exact) mass is 434 g/mol. The van der Waals surface area contributed by atoms with Crippen LogP contribution < -0.4 is 5.32 Å². The molecule has 0 radical (unpaired) electrons. The third-order valence-corrected chi connectivity index (χ3v) is 5.59. The van der Waals surface area contributed by atoms with E-state index < -0.39 is 0 Å². The quantitative estimate of drug-likeness (QED) is 0.631. The molecule has 0 fully saturated rings. The van der Waals surface area contributed by atoms with Gasteiger partial charge in [0.05, 0.1) is 6.54 Å². The summed E-state index contributed by atoms with van der Waals surface area (Å²) < 4.78 is 0. The number of likely N-dealkylation sites (N-methyl/N-ethyl adjacent to an activating group) is 2. The lowest BCUT2D eigenvalue weighted by atomic mass is 10.0. The van der Waals surface area contributed by atoms with Crippen LogP contribution in [-0.4, -0.2) is 47.2 Å². The number of fused-ring (bicyclic) bond motifs is 2. The first kappa shape index (κ1) is 21.0. The molecule has 2 amide bonds. The highest BCUT2D eigenvalue weighted by Gasteiger charge is 2.17. The van der Waals surface area contributed by atoms with Crippen LogP contribution in [0.25, 0.3) is 16.8 Å². The number of anilines is 1. The number of halogens is 1. The Bertz CT molecular complexity index is 1190. The van der Waals surface area contributed by atoms with Gasteiger partial charge in [-0.2, -0.15) is 0 Å². The minimum atomic E-state index is -0.112. The molecular weight excluding hydrogens is 412 g/mol. The van der Waals surface area contributed by atoms with Gasteiger partial charge in [0.2, 0.25) is 11.8 Å². The summed E-state index contributed by atoms with van der Waals surface area (Å²) in [6, 6.07) is 13.7. The van der Waals surface area contributed by atoms with E-state index in [4.69, 9.17) is 11.6 Å². The minimum absolute atomic E-state index is 0.0800. The Morgan fingerprint density at radius 1 is 1.23 bits per heavy atom. The molecule has 1 aliphatic rings. The van der Waals surface area contributed by atoms with Gasteiger partial charge in [0.15, 0.2) is 0 Å². The first-order valence-corrected chi connectivity index (χ1v) is 10.3. The summed E-state index contributed by atoms with van der Waals surface area (Å²) in [5.74, 6) is 0.382. The number of carbonyl (C=O) groups is 2. The lowest BCUT2D eigenvalue weighted by Gasteiger charge is -2.17. The van der Waals surface area contributed by atoms with Gasteiger partial charge < -0.3 is 10.2 Å². The van der Waals surface area contributed by atoms with Gasteiger partial charge in [-0.15, -0.1) is 0 Å². The Morgan fingerprint density at radius 2 is 2.00 bits per heavy atom. The van der Waals surface area contributed by atoms with E-state index in [1.54, 1.807) is 30.3 Å². The summed E-state index contributed by atoms with van der Waals surface area (Å²) in [5, 5.41) is 5.53. The SMILES string of the molecule is CN1CC(=O)Nc2ncc(/C=C/C(=O)N(C)Cc3ccc(Cl)c4ccccc34)cc2C1. The van der Waals surface area contributed by atoms with Gasteiger partial charge in [-0.05, 0) is 41.8 Å². The van der Waals surface area contributed by atoms with Gasteiger partial charge in [-0.25, -0.2) is 4.98 Å². The van der Waals surface area contributed by atoms with Crippen LogP contribution in [0.5, 0.6) is 0 Å². The summed E-state index contributed by atoms with van der Waals surface area (Å²) in [4.78, 5) is 32.4. The molecule has 0 spiro atoms. The smallest absolute Gasteiger partial charge is 0.246 e. The van der Waals surface area contributed by atoms with E-state index >= 15 is 0 Å². The average molecular weight is 435 g/mol. The molecule has 158 valence electrons. The van der Waals surface area contributed by atoms with E-state index in [1.165, 1.54) is 0 Å². The number of carbonyl (C=O) groups excluding carboxylic acids is 2. The fraction of sp³-hybridized carbons (Fsp3) is 0.208. The molecule has 0 aliphatic carbocycles. The summed E-state index contributed by atoms with van der Waals surface area (Å²) in [6.07, 6.45) is 4.94. The molecule has 3 aromatic rings. The second-order valence-electron chi connectivity index (χ2n) is 7.78. The van der Waals surface area contributed by atoms with Crippen molar-refractivity contribution >= 4 is 46.1 Å². The Hall–Kier alpha value is -3.22. The summed E-state index contributed by atoms with van der Waals surface area (Å²) >= 11 is 6.30. The third-order valence-electron chi connectivity index (χ3n) is 5.26. The van der Waals surface area contributed by atoms with Gasteiger partial charge in [-0.1, -0.05) is 41.9 Å². The maximum atomic E-state index is 12.7. The zero-order valence-electron chi connectivity index (χ0n) is 17.4. The van der Waals surface area contributed by atoms with Crippen molar-refractivity contribution in [2.75, 3.05) is 26.0 Å². The van der Waals surface area contributed by atoms with Crippen LogP contribution in [-0.2, 0) is 22.7 Å². The van der Waals surface area contributed by atoms with Crippen molar-refractivity contribution in [3.05, 3.63) is 76.5 Å². The molecule has 0 saturated heterocycles. The van der Waals surface area contributed by atoms with E-state index in [9.17, 15) is 9.59 Å². The molecule has 0 atom stereocenters. The van der Waals surface area contributed by atoms with Gasteiger partial charge in [0.1, 0.15) is 5.82 Å². The van der Waals surface area contributed by atoms with Crippen LogP contribution in [0.1, 0.15) is 16.7 Å². The van der Waals surface area contributed by atoms with Gasteiger partial charge in [0.25, 0.3) is 0 Å². The molecule has 0 unspecified atom stereocenters. The zero-order valence-corrected chi connectivity index (χ0v) is 18.2. The lowest BCUT2D eigenvalue weighted by molar-refractivity contribution is -0.125. The Labute approximate surface area is 186 Å². The molecule has 6 nitrogen and oxygen atoms in total. The number of amides is 2. The molecule has 0 bridgehead atoms. The molecule has 0 saturated carbocycles. The maximum Gasteiger partial charge on any atom is 0.246 e. The van der Waals surface area contributed by atoms with E-state index in [-0.39, 0.29) is 11.8 Å². The van der Waals surface area contributed by atoms with Crippen LogP contribution in [0.15, 0.2) is 54.7 Å².